The van der Waals surface area contributed by atoms with E-state index in [0.29, 0.717) is 0 Å². The van der Waals surface area contributed by atoms with E-state index in [1.807, 2.05) is 12.1 Å². The molecule has 1 aromatic heterocycles. The van der Waals surface area contributed by atoms with Gasteiger partial charge in [-0.1, -0.05) is 26.0 Å². The van der Waals surface area contributed by atoms with E-state index in [9.17, 15) is 0 Å². The van der Waals surface area contributed by atoms with Crippen LogP contribution in [0, 0.1) is 11.8 Å². The topological polar surface area (TPSA) is 56.3 Å². The van der Waals surface area contributed by atoms with Gasteiger partial charge in [-0.05, 0) is 43.7 Å². The minimum atomic E-state index is 0. The lowest BCUT2D eigenvalue weighted by molar-refractivity contribution is 0.208. The van der Waals surface area contributed by atoms with E-state index >= 15 is 0 Å². The number of nitrogens with one attached hydrogen (secondary N) is 2. The zero-order valence-corrected chi connectivity index (χ0v) is 18.5. The fourth-order valence-corrected chi connectivity index (χ4v) is 3.82. The number of hydrogen-bond donors (Lipinski definition) is 2. The number of rotatable bonds is 5. The van der Waals surface area contributed by atoms with Crippen molar-refractivity contribution in [2.24, 2.45) is 16.8 Å². The van der Waals surface area contributed by atoms with Crippen LogP contribution in [0.15, 0.2) is 29.3 Å². The third-order valence-electron chi connectivity index (χ3n) is 4.77. The molecule has 1 fully saturated rings. The molecule has 2 unspecified atom stereocenters. The van der Waals surface area contributed by atoms with E-state index in [-0.39, 0.29) is 24.0 Å². The second kappa shape index (κ2) is 10.1. The zero-order valence-electron chi connectivity index (χ0n) is 16.2. The molecule has 3 rings (SSSR count). The molecule has 2 N–H and O–H groups in total. The minimum Gasteiger partial charge on any atom is -0.357 e. The molecule has 1 aromatic carbocycles. The predicted molar refractivity (Wildman–Crippen MR) is 120 cm³/mol. The summed E-state index contributed by atoms with van der Waals surface area (Å²) in [6.45, 7) is 10.8. The van der Waals surface area contributed by atoms with E-state index in [0.717, 1.165) is 73.7 Å². The Labute approximate surface area is 174 Å². The molecule has 0 saturated carbocycles. The number of aryl methyl sites for hydroxylation is 1. The molecule has 144 valence electrons. The van der Waals surface area contributed by atoms with Crippen LogP contribution in [0.1, 0.15) is 39.4 Å². The number of imidazole rings is 1. The van der Waals surface area contributed by atoms with Gasteiger partial charge in [0.1, 0.15) is 5.82 Å². The van der Waals surface area contributed by atoms with Crippen LogP contribution < -0.4 is 5.32 Å². The monoisotopic (exact) mass is 469 g/mol. The molecule has 2 atom stereocenters. The summed E-state index contributed by atoms with van der Waals surface area (Å²) in [5, 5.41) is 3.47. The molecule has 0 aliphatic carbocycles. The van der Waals surface area contributed by atoms with Crippen molar-refractivity contribution in [3.05, 3.63) is 30.1 Å². The average Bonchev–Trinajstić information content (AvgIpc) is 2.99. The number of halogens is 1. The van der Waals surface area contributed by atoms with Crippen molar-refractivity contribution in [2.45, 2.75) is 40.0 Å². The molecule has 1 aliphatic heterocycles. The van der Waals surface area contributed by atoms with E-state index < -0.39 is 0 Å². The smallest absolute Gasteiger partial charge is 0.193 e. The summed E-state index contributed by atoms with van der Waals surface area (Å²) in [5.41, 5.74) is 2.16. The van der Waals surface area contributed by atoms with Crippen molar-refractivity contribution in [1.82, 2.24) is 20.2 Å². The highest BCUT2D eigenvalue weighted by Gasteiger charge is 2.23. The number of nitrogens with zero attached hydrogens (tertiary/aromatic N) is 3. The van der Waals surface area contributed by atoms with Gasteiger partial charge < -0.3 is 15.2 Å². The molecule has 2 aromatic rings. The Hall–Kier alpha value is -1.31. The summed E-state index contributed by atoms with van der Waals surface area (Å²) in [5.74, 6) is 3.61. The van der Waals surface area contributed by atoms with Crippen molar-refractivity contribution in [3.8, 4) is 0 Å². The van der Waals surface area contributed by atoms with Gasteiger partial charge in [0.2, 0.25) is 0 Å². The van der Waals surface area contributed by atoms with Crippen molar-refractivity contribution >= 4 is 41.0 Å². The van der Waals surface area contributed by atoms with E-state index in [2.05, 4.69) is 53.1 Å². The predicted octanol–water partition coefficient (Wildman–Crippen LogP) is 4.06. The number of guanidine groups is 1. The van der Waals surface area contributed by atoms with Crippen LogP contribution in [0.2, 0.25) is 0 Å². The SMILES string of the molecule is CCNC(=NCCCc1nc2ccccc2[nH]1)N1CC(C)CC(C)C1.I. The Morgan fingerprint density at radius 2 is 2.00 bits per heavy atom. The van der Waals surface area contributed by atoms with Gasteiger partial charge in [-0.25, -0.2) is 4.98 Å². The molecule has 0 spiro atoms. The van der Waals surface area contributed by atoms with Crippen LogP contribution in [0.3, 0.4) is 0 Å². The first-order chi connectivity index (χ1) is 12.2. The number of piperidine rings is 1. The van der Waals surface area contributed by atoms with Crippen molar-refractivity contribution < 1.29 is 0 Å². The second-order valence-corrected chi connectivity index (χ2v) is 7.39. The Balaban J connectivity index is 0.00000243. The normalized spacial score (nSPS) is 20.9. The minimum absolute atomic E-state index is 0. The van der Waals surface area contributed by atoms with Gasteiger partial charge in [0.15, 0.2) is 5.96 Å². The van der Waals surface area contributed by atoms with Gasteiger partial charge in [-0.2, -0.15) is 0 Å². The first-order valence-corrected chi connectivity index (χ1v) is 9.62. The first-order valence-electron chi connectivity index (χ1n) is 9.62. The number of hydrogen-bond acceptors (Lipinski definition) is 2. The number of aliphatic imine (C=N–C) groups is 1. The zero-order chi connectivity index (χ0) is 17.6. The number of H-pyrrole nitrogens is 1. The molecule has 5 nitrogen and oxygen atoms in total. The molecule has 0 radical (unpaired) electrons. The van der Waals surface area contributed by atoms with Gasteiger partial charge in [-0.3, -0.25) is 4.99 Å². The van der Waals surface area contributed by atoms with Crippen molar-refractivity contribution in [3.63, 3.8) is 0 Å². The van der Waals surface area contributed by atoms with E-state index in [1.165, 1.54) is 6.42 Å². The van der Waals surface area contributed by atoms with Gasteiger partial charge in [0.25, 0.3) is 0 Å². The summed E-state index contributed by atoms with van der Waals surface area (Å²) in [4.78, 5) is 15.3. The van der Waals surface area contributed by atoms with Crippen LogP contribution in [-0.2, 0) is 6.42 Å². The number of para-hydroxylation sites is 2. The molecular formula is C20H32IN5. The van der Waals surface area contributed by atoms with E-state index in [4.69, 9.17) is 4.99 Å². The third kappa shape index (κ3) is 5.59. The number of fused-ring (bicyclic) bond motifs is 1. The lowest BCUT2D eigenvalue weighted by atomic mass is 9.92. The standard InChI is InChI=1S/C20H31N5.HI/c1-4-21-20(25-13-15(2)12-16(3)14-25)22-11-7-10-19-23-17-8-5-6-9-18(17)24-19;/h5-6,8-9,15-16H,4,7,10-14H2,1-3H3,(H,21,22)(H,23,24);1H. The lowest BCUT2D eigenvalue weighted by Gasteiger charge is -2.37. The van der Waals surface area contributed by atoms with E-state index in [1.54, 1.807) is 0 Å². The summed E-state index contributed by atoms with van der Waals surface area (Å²) in [6.07, 6.45) is 3.26. The van der Waals surface area contributed by atoms with Gasteiger partial charge >= 0.3 is 0 Å². The molecule has 1 saturated heterocycles. The fraction of sp³-hybridized carbons (Fsp3) is 0.600. The van der Waals surface area contributed by atoms with Crippen LogP contribution in [-0.4, -0.2) is 47.0 Å². The maximum atomic E-state index is 4.86. The van der Waals surface area contributed by atoms with Gasteiger partial charge in [-0.15, -0.1) is 24.0 Å². The summed E-state index contributed by atoms with van der Waals surface area (Å²) in [6, 6.07) is 8.19. The quantitative estimate of drug-likeness (QED) is 0.301. The van der Waals surface area contributed by atoms with Crippen LogP contribution in [0.5, 0.6) is 0 Å². The van der Waals surface area contributed by atoms with Gasteiger partial charge in [0.05, 0.1) is 11.0 Å². The Morgan fingerprint density at radius 3 is 2.69 bits per heavy atom. The number of likely N-dealkylation sites (tertiary alicyclic amines) is 1. The largest absolute Gasteiger partial charge is 0.357 e. The average molecular weight is 469 g/mol. The summed E-state index contributed by atoms with van der Waals surface area (Å²) < 4.78 is 0. The third-order valence-corrected chi connectivity index (χ3v) is 4.77. The highest BCUT2D eigenvalue weighted by atomic mass is 127. The Morgan fingerprint density at radius 1 is 1.27 bits per heavy atom. The number of aromatic amines is 1. The molecular weight excluding hydrogens is 437 g/mol. The first kappa shape index (κ1) is 21.0. The number of aromatic nitrogens is 2. The summed E-state index contributed by atoms with van der Waals surface area (Å²) >= 11 is 0. The molecule has 0 bridgehead atoms. The maximum Gasteiger partial charge on any atom is 0.193 e. The van der Waals surface area contributed by atoms with Crippen molar-refractivity contribution in [2.75, 3.05) is 26.2 Å². The highest BCUT2D eigenvalue weighted by Crippen LogP contribution is 2.21. The molecule has 6 heteroatoms. The van der Waals surface area contributed by atoms with Crippen LogP contribution in [0.25, 0.3) is 11.0 Å². The Kier molecular flexibility index (Phi) is 8.18. The number of benzene rings is 1. The van der Waals surface area contributed by atoms with Crippen molar-refractivity contribution in [1.29, 1.82) is 0 Å². The second-order valence-electron chi connectivity index (χ2n) is 7.39. The lowest BCUT2D eigenvalue weighted by Crippen LogP contribution is -2.48. The summed E-state index contributed by atoms with van der Waals surface area (Å²) in [7, 11) is 0. The molecule has 26 heavy (non-hydrogen) atoms. The molecule has 1 aliphatic rings. The maximum absolute atomic E-state index is 4.86. The van der Waals surface area contributed by atoms with Crippen LogP contribution in [0.4, 0.5) is 0 Å². The van der Waals surface area contributed by atoms with Gasteiger partial charge in [0, 0.05) is 32.6 Å². The highest BCUT2D eigenvalue weighted by molar-refractivity contribution is 14.0. The fourth-order valence-electron chi connectivity index (χ4n) is 3.82. The molecule has 2 heterocycles. The Bertz CT molecular complexity index is 668. The van der Waals surface area contributed by atoms with Crippen LogP contribution >= 0.6 is 24.0 Å². The molecule has 0 amide bonds.